The third-order valence-electron chi connectivity index (χ3n) is 3.57. The molecule has 1 atom stereocenters. The van der Waals surface area contributed by atoms with Gasteiger partial charge in [-0.2, -0.15) is 5.10 Å². The minimum atomic E-state index is -0.710. The average Bonchev–Trinajstić information content (AvgIpc) is 2.64. The number of hydrogen-bond donors (Lipinski definition) is 0. The number of para-hydroxylation sites is 1. The van der Waals surface area contributed by atoms with E-state index in [4.69, 9.17) is 0 Å². The second kappa shape index (κ2) is 8.73. The van der Waals surface area contributed by atoms with Crippen molar-refractivity contribution in [3.05, 3.63) is 60.4 Å². The molecule has 2 aromatic rings. The second-order valence-electron chi connectivity index (χ2n) is 5.84. The molecule has 2 rings (SSSR count). The van der Waals surface area contributed by atoms with Crippen LogP contribution in [0.15, 0.2) is 60.0 Å². The highest BCUT2D eigenvalue weighted by atomic mass is 16.2. The van der Waals surface area contributed by atoms with E-state index in [1.807, 2.05) is 36.4 Å². The summed E-state index contributed by atoms with van der Waals surface area (Å²) in [5.41, 5.74) is 2.28. The van der Waals surface area contributed by atoms with Gasteiger partial charge in [-0.3, -0.25) is 9.88 Å². The number of amides is 2. The fourth-order valence-electron chi connectivity index (χ4n) is 2.34. The quantitative estimate of drug-likeness (QED) is 0.462. The number of aromatic nitrogens is 1. The van der Waals surface area contributed by atoms with Crippen molar-refractivity contribution >= 4 is 23.7 Å². The molecule has 6 nitrogen and oxygen atoms in total. The number of carbonyl (C=O) groups excluding carboxylic acids is 2. The number of pyridine rings is 1. The number of carbonyl (C=O) groups is 2. The highest BCUT2D eigenvalue weighted by molar-refractivity contribution is 5.94. The van der Waals surface area contributed by atoms with Gasteiger partial charge in [0.15, 0.2) is 0 Å². The molecule has 25 heavy (non-hydrogen) atoms. The molecule has 0 aliphatic heterocycles. The smallest absolute Gasteiger partial charge is 0.301 e. The number of anilines is 1. The van der Waals surface area contributed by atoms with Gasteiger partial charge >= 0.3 is 6.03 Å². The number of rotatable bonds is 6. The Hall–Kier alpha value is -3.02. The molecule has 2 amide bonds. The van der Waals surface area contributed by atoms with Crippen LogP contribution in [-0.2, 0) is 11.2 Å². The minimum absolute atomic E-state index is 0.350. The predicted octanol–water partition coefficient (Wildman–Crippen LogP) is 3.15. The lowest BCUT2D eigenvalue weighted by molar-refractivity contribution is -0.111. The van der Waals surface area contributed by atoms with Crippen molar-refractivity contribution < 1.29 is 9.59 Å². The average molecular weight is 338 g/mol. The summed E-state index contributed by atoms with van der Waals surface area (Å²) in [5.74, 6) is 0. The number of hydrogen-bond acceptors (Lipinski definition) is 4. The van der Waals surface area contributed by atoms with Crippen molar-refractivity contribution in [3.8, 4) is 0 Å². The van der Waals surface area contributed by atoms with Crippen molar-refractivity contribution in [1.29, 1.82) is 0 Å². The van der Waals surface area contributed by atoms with Gasteiger partial charge in [0.25, 0.3) is 0 Å². The second-order valence-corrected chi connectivity index (χ2v) is 5.84. The molecule has 0 fully saturated rings. The molecule has 0 N–H and O–H groups in total. The lowest BCUT2D eigenvalue weighted by atomic mass is 10.1. The first kappa shape index (κ1) is 18.3. The summed E-state index contributed by atoms with van der Waals surface area (Å²) in [6.07, 6.45) is 4.45. The molecule has 6 heteroatoms. The first-order chi connectivity index (χ1) is 12.0. The Balaban J connectivity index is 2.29. The van der Waals surface area contributed by atoms with Gasteiger partial charge < -0.3 is 4.79 Å². The summed E-state index contributed by atoms with van der Waals surface area (Å²) in [6.45, 7) is 3.57. The number of hydrazone groups is 1. The zero-order chi connectivity index (χ0) is 18.2. The van der Waals surface area contributed by atoms with E-state index in [-0.39, 0.29) is 6.03 Å². The van der Waals surface area contributed by atoms with E-state index in [0.717, 1.165) is 17.5 Å². The Bertz CT molecular complexity index is 728. The fourth-order valence-corrected chi connectivity index (χ4v) is 2.34. The van der Waals surface area contributed by atoms with Crippen molar-refractivity contribution in [2.75, 3.05) is 11.9 Å². The number of urea groups is 1. The van der Waals surface area contributed by atoms with Crippen LogP contribution in [0.25, 0.3) is 0 Å². The van der Waals surface area contributed by atoms with Gasteiger partial charge in [0.1, 0.15) is 12.3 Å². The van der Waals surface area contributed by atoms with E-state index in [9.17, 15) is 9.59 Å². The topological polar surface area (TPSA) is 65.9 Å². The third kappa shape index (κ3) is 4.97. The van der Waals surface area contributed by atoms with E-state index in [1.54, 1.807) is 39.4 Å². The van der Waals surface area contributed by atoms with Crippen LogP contribution < -0.4 is 4.90 Å². The van der Waals surface area contributed by atoms with Crippen LogP contribution in [0.3, 0.4) is 0 Å². The third-order valence-corrected chi connectivity index (χ3v) is 3.57. The molecule has 1 aromatic carbocycles. The van der Waals surface area contributed by atoms with E-state index in [1.165, 1.54) is 9.91 Å². The largest absolute Gasteiger partial charge is 0.345 e. The first-order valence-electron chi connectivity index (χ1n) is 8.01. The van der Waals surface area contributed by atoms with Gasteiger partial charge in [0.2, 0.25) is 0 Å². The minimum Gasteiger partial charge on any atom is -0.301 e. The molecule has 0 spiro atoms. The lowest BCUT2D eigenvalue weighted by Crippen LogP contribution is -2.46. The Labute approximate surface area is 147 Å². The van der Waals surface area contributed by atoms with Crippen molar-refractivity contribution in [2.24, 2.45) is 5.10 Å². The predicted molar refractivity (Wildman–Crippen MR) is 98.7 cm³/mol. The molecule has 0 aliphatic carbocycles. The van der Waals surface area contributed by atoms with Gasteiger partial charge in [-0.25, -0.2) is 9.80 Å². The summed E-state index contributed by atoms with van der Waals surface area (Å²) in [4.78, 5) is 30.2. The standard InChI is InChI=1S/C19H22N4O2/c1-15(2)21-23(18(14-24)12-16-8-7-11-20-13-16)19(25)22(3)17-9-5-4-6-10-17/h4-11,13-14,18H,12H2,1-3H3. The molecular weight excluding hydrogens is 316 g/mol. The van der Waals surface area contributed by atoms with Crippen LogP contribution in [0.5, 0.6) is 0 Å². The zero-order valence-corrected chi connectivity index (χ0v) is 14.7. The van der Waals surface area contributed by atoms with Gasteiger partial charge in [0, 0.05) is 37.3 Å². The van der Waals surface area contributed by atoms with Crippen molar-refractivity contribution in [1.82, 2.24) is 9.99 Å². The molecule has 0 aliphatic rings. The van der Waals surface area contributed by atoms with Crippen LogP contribution in [0, 0.1) is 0 Å². The van der Waals surface area contributed by atoms with Gasteiger partial charge in [-0.05, 0) is 37.6 Å². The Morgan fingerprint density at radius 3 is 2.48 bits per heavy atom. The lowest BCUT2D eigenvalue weighted by Gasteiger charge is -2.28. The highest BCUT2D eigenvalue weighted by Crippen LogP contribution is 2.16. The van der Waals surface area contributed by atoms with Gasteiger partial charge in [0.05, 0.1) is 0 Å². The van der Waals surface area contributed by atoms with Crippen LogP contribution in [0.2, 0.25) is 0 Å². The zero-order valence-electron chi connectivity index (χ0n) is 14.7. The molecule has 0 saturated carbocycles. The summed E-state index contributed by atoms with van der Waals surface area (Å²) in [6, 6.07) is 11.8. The Morgan fingerprint density at radius 2 is 1.92 bits per heavy atom. The van der Waals surface area contributed by atoms with E-state index in [2.05, 4.69) is 10.1 Å². The first-order valence-corrected chi connectivity index (χ1v) is 8.01. The van der Waals surface area contributed by atoms with E-state index in [0.29, 0.717) is 12.1 Å². The van der Waals surface area contributed by atoms with Crippen molar-refractivity contribution in [3.63, 3.8) is 0 Å². The van der Waals surface area contributed by atoms with Crippen LogP contribution in [-0.4, -0.2) is 41.1 Å². The summed E-state index contributed by atoms with van der Waals surface area (Å²) < 4.78 is 0. The van der Waals surface area contributed by atoms with Gasteiger partial charge in [-0.1, -0.05) is 24.3 Å². The highest BCUT2D eigenvalue weighted by Gasteiger charge is 2.27. The van der Waals surface area contributed by atoms with E-state index >= 15 is 0 Å². The number of benzene rings is 1. The fraction of sp³-hybridized carbons (Fsp3) is 0.263. The molecule has 0 saturated heterocycles. The summed E-state index contributed by atoms with van der Waals surface area (Å²) in [5, 5.41) is 5.54. The SMILES string of the molecule is CC(C)=NN(C(=O)N(C)c1ccccc1)C(C=O)Cc1cccnc1. The molecule has 0 bridgehead atoms. The molecule has 0 radical (unpaired) electrons. The summed E-state index contributed by atoms with van der Waals surface area (Å²) >= 11 is 0. The monoisotopic (exact) mass is 338 g/mol. The molecule has 130 valence electrons. The Kier molecular flexibility index (Phi) is 6.39. The number of nitrogens with zero attached hydrogens (tertiary/aromatic N) is 4. The summed E-state index contributed by atoms with van der Waals surface area (Å²) in [7, 11) is 1.66. The maximum atomic E-state index is 12.9. The van der Waals surface area contributed by atoms with Crippen LogP contribution >= 0.6 is 0 Å². The van der Waals surface area contributed by atoms with Crippen LogP contribution in [0.4, 0.5) is 10.5 Å². The molecule has 1 heterocycles. The van der Waals surface area contributed by atoms with Crippen molar-refractivity contribution in [2.45, 2.75) is 26.3 Å². The molecular formula is C19H22N4O2. The van der Waals surface area contributed by atoms with E-state index < -0.39 is 6.04 Å². The maximum absolute atomic E-state index is 12.9. The Morgan fingerprint density at radius 1 is 1.20 bits per heavy atom. The normalized spacial score (nSPS) is 11.3. The molecule has 1 aromatic heterocycles. The van der Waals surface area contributed by atoms with Crippen LogP contribution in [0.1, 0.15) is 19.4 Å². The van der Waals surface area contributed by atoms with Gasteiger partial charge in [-0.15, -0.1) is 0 Å². The number of aldehydes is 1. The molecule has 1 unspecified atom stereocenters. The maximum Gasteiger partial charge on any atom is 0.345 e.